The number of carbonyl (C=O) groups excluding carboxylic acids is 1. The highest BCUT2D eigenvalue weighted by Gasteiger charge is 2.16. The number of amides is 1. The van der Waals surface area contributed by atoms with Crippen molar-refractivity contribution in [2.45, 2.75) is 6.92 Å². The Kier molecular flexibility index (Phi) is 6.36. The van der Waals surface area contributed by atoms with Crippen molar-refractivity contribution in [3.05, 3.63) is 86.1 Å². The molecule has 31 heavy (non-hydrogen) atoms. The van der Waals surface area contributed by atoms with Gasteiger partial charge in [-0.3, -0.25) is 25.0 Å². The molecule has 2 aromatic carbocycles. The Bertz CT molecular complexity index is 1150. The molecule has 0 aliphatic heterocycles. The molecule has 0 aliphatic carbocycles. The SMILES string of the molecule is Cc1ccc(OCC(=O)NN=Cc2ccc(-c3ccc([N+](=O)[O-])cc3)o2)c([N+](=O)[O-])c1. The molecular weight excluding hydrogens is 408 g/mol. The highest BCUT2D eigenvalue weighted by molar-refractivity contribution is 5.81. The molecule has 0 fully saturated rings. The van der Waals surface area contributed by atoms with E-state index in [0.717, 1.165) is 0 Å². The number of aryl methyl sites for hydroxylation is 1. The summed E-state index contributed by atoms with van der Waals surface area (Å²) in [4.78, 5) is 32.5. The largest absolute Gasteiger partial charge is 0.477 e. The van der Waals surface area contributed by atoms with E-state index in [-0.39, 0.29) is 17.1 Å². The Morgan fingerprint density at radius 3 is 2.52 bits per heavy atom. The van der Waals surface area contributed by atoms with Crippen LogP contribution in [-0.2, 0) is 4.79 Å². The summed E-state index contributed by atoms with van der Waals surface area (Å²) in [5.41, 5.74) is 3.31. The number of nitro benzene ring substituents is 2. The maximum atomic E-state index is 11.9. The third-order valence-electron chi connectivity index (χ3n) is 4.04. The predicted molar refractivity (Wildman–Crippen MR) is 110 cm³/mol. The molecule has 0 spiro atoms. The van der Waals surface area contributed by atoms with Crippen molar-refractivity contribution < 1.29 is 23.8 Å². The molecule has 0 bridgehead atoms. The van der Waals surface area contributed by atoms with Crippen LogP contribution in [0.2, 0.25) is 0 Å². The topological polar surface area (TPSA) is 150 Å². The number of carbonyl (C=O) groups is 1. The Balaban J connectivity index is 1.55. The second kappa shape index (κ2) is 9.31. The van der Waals surface area contributed by atoms with E-state index >= 15 is 0 Å². The van der Waals surface area contributed by atoms with E-state index in [9.17, 15) is 25.0 Å². The highest BCUT2D eigenvalue weighted by Crippen LogP contribution is 2.27. The zero-order valence-electron chi connectivity index (χ0n) is 16.2. The molecule has 1 aromatic heterocycles. The van der Waals surface area contributed by atoms with Gasteiger partial charge in [-0.25, -0.2) is 5.43 Å². The maximum absolute atomic E-state index is 11.9. The second-order valence-electron chi connectivity index (χ2n) is 6.32. The maximum Gasteiger partial charge on any atom is 0.311 e. The third kappa shape index (κ3) is 5.50. The monoisotopic (exact) mass is 424 g/mol. The first-order valence-corrected chi connectivity index (χ1v) is 8.88. The number of benzene rings is 2. The van der Waals surface area contributed by atoms with Crippen LogP contribution in [0.4, 0.5) is 11.4 Å². The number of hydrogen-bond donors (Lipinski definition) is 1. The summed E-state index contributed by atoms with van der Waals surface area (Å²) in [5, 5.41) is 25.5. The molecule has 3 aromatic rings. The van der Waals surface area contributed by atoms with Crippen LogP contribution in [0.5, 0.6) is 5.75 Å². The smallest absolute Gasteiger partial charge is 0.311 e. The molecule has 11 nitrogen and oxygen atoms in total. The lowest BCUT2D eigenvalue weighted by molar-refractivity contribution is -0.385. The number of nitro groups is 2. The van der Waals surface area contributed by atoms with E-state index in [1.54, 1.807) is 37.3 Å². The lowest BCUT2D eigenvalue weighted by Crippen LogP contribution is -2.24. The standard InChI is InChI=1S/C20H16N4O7/c1-13-2-8-19(17(10-13)24(28)29)30-12-20(25)22-21-11-16-7-9-18(31-16)14-3-5-15(6-4-14)23(26)27/h2-11H,12H2,1H3,(H,22,25). The van der Waals surface area contributed by atoms with Gasteiger partial charge in [0.05, 0.1) is 16.1 Å². The molecule has 0 radical (unpaired) electrons. The Labute approximate surface area is 175 Å². The number of hydrogen-bond acceptors (Lipinski definition) is 8. The second-order valence-corrected chi connectivity index (χ2v) is 6.32. The van der Waals surface area contributed by atoms with Gasteiger partial charge in [-0.2, -0.15) is 5.10 Å². The van der Waals surface area contributed by atoms with Crippen molar-refractivity contribution >= 4 is 23.5 Å². The lowest BCUT2D eigenvalue weighted by Gasteiger charge is -2.06. The average molecular weight is 424 g/mol. The van der Waals surface area contributed by atoms with E-state index in [4.69, 9.17) is 9.15 Å². The van der Waals surface area contributed by atoms with Crippen LogP contribution >= 0.6 is 0 Å². The number of nitrogens with zero attached hydrogens (tertiary/aromatic N) is 3. The number of nitrogens with one attached hydrogen (secondary N) is 1. The van der Waals surface area contributed by atoms with Crippen LogP contribution in [0, 0.1) is 27.2 Å². The third-order valence-corrected chi connectivity index (χ3v) is 4.04. The van der Waals surface area contributed by atoms with Crippen molar-refractivity contribution in [2.75, 3.05) is 6.61 Å². The molecule has 1 amide bonds. The summed E-state index contributed by atoms with van der Waals surface area (Å²) in [6.45, 7) is 1.24. The first kappa shape index (κ1) is 21.2. The van der Waals surface area contributed by atoms with Crippen LogP contribution in [0.3, 0.4) is 0 Å². The summed E-state index contributed by atoms with van der Waals surface area (Å²) in [7, 11) is 0. The fraction of sp³-hybridized carbons (Fsp3) is 0.100. The Morgan fingerprint density at radius 1 is 1.10 bits per heavy atom. The molecule has 0 aliphatic rings. The minimum Gasteiger partial charge on any atom is -0.477 e. The van der Waals surface area contributed by atoms with Gasteiger partial charge in [-0.15, -0.1) is 0 Å². The van der Waals surface area contributed by atoms with Crippen molar-refractivity contribution in [1.82, 2.24) is 5.43 Å². The zero-order chi connectivity index (χ0) is 22.4. The van der Waals surface area contributed by atoms with Gasteiger partial charge in [0.15, 0.2) is 12.4 Å². The number of hydrazone groups is 1. The highest BCUT2D eigenvalue weighted by atomic mass is 16.6. The first-order valence-electron chi connectivity index (χ1n) is 8.88. The normalized spacial score (nSPS) is 10.7. The molecule has 0 saturated heterocycles. The molecule has 158 valence electrons. The number of non-ortho nitro benzene ring substituents is 1. The van der Waals surface area contributed by atoms with Gasteiger partial charge in [0.25, 0.3) is 11.6 Å². The van der Waals surface area contributed by atoms with Crippen LogP contribution in [0.15, 0.2) is 64.1 Å². The van der Waals surface area contributed by atoms with Crippen LogP contribution in [0.1, 0.15) is 11.3 Å². The quantitative estimate of drug-likeness (QED) is 0.330. The van der Waals surface area contributed by atoms with Gasteiger partial charge in [0.1, 0.15) is 11.5 Å². The van der Waals surface area contributed by atoms with E-state index in [1.807, 2.05) is 0 Å². The zero-order valence-corrected chi connectivity index (χ0v) is 16.2. The first-order chi connectivity index (χ1) is 14.8. The summed E-state index contributed by atoms with van der Waals surface area (Å²) in [5.74, 6) is 0.170. The fourth-order valence-electron chi connectivity index (χ4n) is 2.56. The minimum absolute atomic E-state index is 0.0199. The van der Waals surface area contributed by atoms with Crippen molar-refractivity contribution in [3.8, 4) is 17.1 Å². The van der Waals surface area contributed by atoms with Gasteiger partial charge in [-0.05, 0) is 42.8 Å². The van der Waals surface area contributed by atoms with E-state index in [2.05, 4.69) is 10.5 Å². The number of furan rings is 1. The van der Waals surface area contributed by atoms with Crippen molar-refractivity contribution in [1.29, 1.82) is 0 Å². The molecular formula is C20H16N4O7. The average Bonchev–Trinajstić information content (AvgIpc) is 3.21. The van der Waals surface area contributed by atoms with E-state index < -0.39 is 22.4 Å². The minimum atomic E-state index is -0.617. The van der Waals surface area contributed by atoms with Crippen LogP contribution in [0.25, 0.3) is 11.3 Å². The van der Waals surface area contributed by atoms with Gasteiger partial charge in [0.2, 0.25) is 0 Å². The Hall–Kier alpha value is -4.54. The molecule has 3 rings (SSSR count). The van der Waals surface area contributed by atoms with Gasteiger partial charge < -0.3 is 9.15 Å². The molecule has 1 heterocycles. The fourth-order valence-corrected chi connectivity index (χ4v) is 2.56. The molecule has 11 heteroatoms. The summed E-state index contributed by atoms with van der Waals surface area (Å²) < 4.78 is 10.8. The summed E-state index contributed by atoms with van der Waals surface area (Å²) in [6, 6.07) is 13.5. The van der Waals surface area contributed by atoms with Gasteiger partial charge in [-0.1, -0.05) is 6.07 Å². The van der Waals surface area contributed by atoms with Crippen LogP contribution in [-0.4, -0.2) is 28.6 Å². The van der Waals surface area contributed by atoms with Gasteiger partial charge >= 0.3 is 5.69 Å². The number of rotatable bonds is 8. The predicted octanol–water partition coefficient (Wildman–Crippen LogP) is 3.60. The van der Waals surface area contributed by atoms with Crippen LogP contribution < -0.4 is 10.2 Å². The molecule has 0 saturated carbocycles. The van der Waals surface area contributed by atoms with E-state index in [0.29, 0.717) is 22.6 Å². The van der Waals surface area contributed by atoms with Gasteiger partial charge in [0, 0.05) is 23.8 Å². The molecule has 1 N–H and O–H groups in total. The number of ether oxygens (including phenoxy) is 1. The summed E-state index contributed by atoms with van der Waals surface area (Å²) in [6.07, 6.45) is 1.26. The summed E-state index contributed by atoms with van der Waals surface area (Å²) >= 11 is 0. The van der Waals surface area contributed by atoms with Crippen molar-refractivity contribution in [2.24, 2.45) is 5.10 Å². The molecule has 0 unspecified atom stereocenters. The Morgan fingerprint density at radius 2 is 1.84 bits per heavy atom. The lowest BCUT2D eigenvalue weighted by atomic mass is 10.1. The van der Waals surface area contributed by atoms with Crippen molar-refractivity contribution in [3.63, 3.8) is 0 Å². The van der Waals surface area contributed by atoms with E-state index in [1.165, 1.54) is 30.5 Å². The molecule has 0 atom stereocenters.